The summed E-state index contributed by atoms with van der Waals surface area (Å²) < 4.78 is 22.8. The van der Waals surface area contributed by atoms with E-state index in [9.17, 15) is 0 Å². The Kier molecular flexibility index (Phi) is 6.47. The molecule has 31 heavy (non-hydrogen) atoms. The van der Waals surface area contributed by atoms with Crippen LogP contribution in [-0.4, -0.2) is 60.4 Å². The predicted molar refractivity (Wildman–Crippen MR) is 120 cm³/mol. The molecule has 1 saturated heterocycles. The molecule has 1 fully saturated rings. The molecular formula is C21H25ClN4O4S. The average Bonchev–Trinajstić information content (AvgIpc) is 3.21. The van der Waals surface area contributed by atoms with Crippen molar-refractivity contribution in [2.24, 2.45) is 0 Å². The highest BCUT2D eigenvalue weighted by Crippen LogP contribution is 2.35. The van der Waals surface area contributed by atoms with Crippen LogP contribution in [0.25, 0.3) is 5.57 Å². The molecule has 166 valence electrons. The first-order valence-corrected chi connectivity index (χ1v) is 11.1. The summed E-state index contributed by atoms with van der Waals surface area (Å²) in [6.07, 6.45) is 5.68. The summed E-state index contributed by atoms with van der Waals surface area (Å²) in [6.45, 7) is 8.12. The summed E-state index contributed by atoms with van der Waals surface area (Å²) in [6, 6.07) is 1.81. The van der Waals surface area contributed by atoms with Crippen molar-refractivity contribution in [2.75, 3.05) is 38.4 Å². The molecule has 0 amide bonds. The second-order valence-corrected chi connectivity index (χ2v) is 9.23. The lowest BCUT2D eigenvalue weighted by molar-refractivity contribution is -0.181. The Labute approximate surface area is 190 Å². The topological polar surface area (TPSA) is 78.8 Å². The average molecular weight is 465 g/mol. The van der Waals surface area contributed by atoms with Crippen molar-refractivity contribution in [3.05, 3.63) is 40.8 Å². The number of ether oxygens (including phenoxy) is 4. The van der Waals surface area contributed by atoms with Crippen LogP contribution in [0.2, 0.25) is 5.15 Å². The number of aromatic nitrogens is 3. The van der Waals surface area contributed by atoms with Gasteiger partial charge in [-0.25, -0.2) is 4.98 Å². The fourth-order valence-electron chi connectivity index (χ4n) is 3.28. The number of rotatable bonds is 6. The van der Waals surface area contributed by atoms with Crippen LogP contribution >= 0.6 is 22.9 Å². The number of hydrogen-bond donors (Lipinski definition) is 0. The zero-order chi connectivity index (χ0) is 22.0. The smallest absolute Gasteiger partial charge is 0.295 e. The summed E-state index contributed by atoms with van der Waals surface area (Å²) in [5.41, 5.74) is 2.71. The van der Waals surface area contributed by atoms with E-state index in [-0.39, 0.29) is 11.7 Å². The number of hydrogen-bond acceptors (Lipinski definition) is 9. The minimum atomic E-state index is -0.248. The van der Waals surface area contributed by atoms with Gasteiger partial charge in [-0.05, 0) is 49.8 Å². The standard InChI is InChI=1S/C21H25ClN4O4S/c1-13-7-14(16-8-18(22)23-9-17(16)27-4)5-6-26(13)19-24-25-20(31-19)28-10-15-11-30-21(2,3)12-29-15/h5,7-9,15H,6,10-12H2,1-4H3/t15-/m1/s1. The Hall–Kier alpha value is -2.20. The molecule has 0 saturated carbocycles. The lowest BCUT2D eigenvalue weighted by Crippen LogP contribution is -2.44. The molecule has 10 heteroatoms. The molecule has 2 aromatic rings. The molecular weight excluding hydrogens is 440 g/mol. The van der Waals surface area contributed by atoms with Crippen LogP contribution in [0, 0.1) is 0 Å². The first kappa shape index (κ1) is 22.0. The number of pyridine rings is 1. The van der Waals surface area contributed by atoms with Gasteiger partial charge >= 0.3 is 0 Å². The highest BCUT2D eigenvalue weighted by Gasteiger charge is 2.29. The quantitative estimate of drug-likeness (QED) is 0.594. The van der Waals surface area contributed by atoms with E-state index in [0.717, 1.165) is 22.0 Å². The van der Waals surface area contributed by atoms with Crippen molar-refractivity contribution in [1.82, 2.24) is 15.2 Å². The molecule has 0 N–H and O–H groups in total. The van der Waals surface area contributed by atoms with Crippen molar-refractivity contribution in [3.8, 4) is 10.9 Å². The van der Waals surface area contributed by atoms with Crippen molar-refractivity contribution in [2.45, 2.75) is 32.5 Å². The fourth-order valence-corrected chi connectivity index (χ4v) is 4.21. The molecule has 4 rings (SSSR count). The zero-order valence-electron chi connectivity index (χ0n) is 17.9. The number of halogens is 1. The highest BCUT2D eigenvalue weighted by molar-refractivity contribution is 7.17. The second-order valence-electron chi connectivity index (χ2n) is 7.93. The van der Waals surface area contributed by atoms with Crippen LogP contribution in [0.5, 0.6) is 10.9 Å². The van der Waals surface area contributed by atoms with Crippen LogP contribution < -0.4 is 14.4 Å². The normalized spacial score (nSPS) is 20.8. The van der Waals surface area contributed by atoms with E-state index < -0.39 is 0 Å². The summed E-state index contributed by atoms with van der Waals surface area (Å²) in [4.78, 5) is 6.16. The molecule has 8 nitrogen and oxygen atoms in total. The third kappa shape index (κ3) is 5.17. The Morgan fingerprint density at radius 2 is 2.19 bits per heavy atom. The summed E-state index contributed by atoms with van der Waals surface area (Å²) >= 11 is 7.48. The molecule has 0 unspecified atom stereocenters. The maximum absolute atomic E-state index is 6.08. The van der Waals surface area contributed by atoms with Gasteiger partial charge in [0, 0.05) is 17.8 Å². The molecule has 0 spiro atoms. The third-order valence-electron chi connectivity index (χ3n) is 4.99. The second kappa shape index (κ2) is 9.12. The minimum Gasteiger partial charge on any atom is -0.494 e. The number of allylic oxidation sites excluding steroid dienone is 3. The molecule has 4 heterocycles. The minimum absolute atomic E-state index is 0.107. The van der Waals surface area contributed by atoms with E-state index in [1.54, 1.807) is 19.4 Å². The van der Waals surface area contributed by atoms with Gasteiger partial charge in [0.05, 0.1) is 32.1 Å². The van der Waals surface area contributed by atoms with E-state index in [4.69, 9.17) is 30.5 Å². The Balaban J connectivity index is 1.39. The van der Waals surface area contributed by atoms with Gasteiger partial charge in [0.1, 0.15) is 23.6 Å². The van der Waals surface area contributed by atoms with Gasteiger partial charge in [-0.1, -0.05) is 22.8 Å². The van der Waals surface area contributed by atoms with Crippen molar-refractivity contribution in [1.29, 1.82) is 0 Å². The Bertz CT molecular complexity index is 997. The van der Waals surface area contributed by atoms with E-state index in [1.807, 2.05) is 20.8 Å². The monoisotopic (exact) mass is 464 g/mol. The van der Waals surface area contributed by atoms with Crippen LogP contribution in [-0.2, 0) is 9.47 Å². The molecule has 1 atom stereocenters. The molecule has 2 aromatic heterocycles. The largest absolute Gasteiger partial charge is 0.494 e. The lowest BCUT2D eigenvalue weighted by Gasteiger charge is -2.34. The number of anilines is 1. The molecule has 0 bridgehead atoms. The Morgan fingerprint density at radius 1 is 1.35 bits per heavy atom. The molecule has 0 aromatic carbocycles. The molecule has 2 aliphatic heterocycles. The van der Waals surface area contributed by atoms with Crippen LogP contribution in [0.1, 0.15) is 26.3 Å². The van der Waals surface area contributed by atoms with Gasteiger partial charge < -0.3 is 23.8 Å². The van der Waals surface area contributed by atoms with Crippen molar-refractivity contribution >= 4 is 33.6 Å². The van der Waals surface area contributed by atoms with E-state index in [2.05, 4.69) is 32.2 Å². The van der Waals surface area contributed by atoms with Gasteiger partial charge in [-0.2, -0.15) is 0 Å². The Morgan fingerprint density at radius 3 is 2.90 bits per heavy atom. The number of nitrogens with zero attached hydrogens (tertiary/aromatic N) is 4. The van der Waals surface area contributed by atoms with E-state index >= 15 is 0 Å². The summed E-state index contributed by atoms with van der Waals surface area (Å²) in [5.74, 6) is 0.678. The van der Waals surface area contributed by atoms with Crippen LogP contribution in [0.3, 0.4) is 0 Å². The van der Waals surface area contributed by atoms with Crippen molar-refractivity contribution < 1.29 is 18.9 Å². The number of methoxy groups -OCH3 is 1. The first-order valence-electron chi connectivity index (χ1n) is 9.92. The van der Waals surface area contributed by atoms with Gasteiger partial charge in [-0.15, -0.1) is 5.10 Å². The van der Waals surface area contributed by atoms with Gasteiger partial charge in [0.15, 0.2) is 0 Å². The van der Waals surface area contributed by atoms with Gasteiger partial charge in [0.2, 0.25) is 5.13 Å². The highest BCUT2D eigenvalue weighted by atomic mass is 35.5. The lowest BCUT2D eigenvalue weighted by atomic mass is 10.0. The van der Waals surface area contributed by atoms with E-state index in [1.165, 1.54) is 11.3 Å². The molecule has 0 aliphatic carbocycles. The third-order valence-corrected chi connectivity index (χ3v) is 6.06. The molecule has 2 aliphatic rings. The maximum Gasteiger partial charge on any atom is 0.295 e. The van der Waals surface area contributed by atoms with E-state index in [0.29, 0.717) is 42.5 Å². The molecule has 0 radical (unpaired) electrons. The zero-order valence-corrected chi connectivity index (χ0v) is 19.5. The maximum atomic E-state index is 6.08. The SMILES string of the molecule is COc1cnc(Cl)cc1C1=CCN(c2nnc(OC[C@@H]3COC(C)(C)CO3)s2)C(C)=C1. The summed E-state index contributed by atoms with van der Waals surface area (Å²) in [7, 11) is 1.62. The van der Waals surface area contributed by atoms with Crippen molar-refractivity contribution in [3.63, 3.8) is 0 Å². The first-order chi connectivity index (χ1) is 14.8. The summed E-state index contributed by atoms with van der Waals surface area (Å²) in [5, 5.41) is 10.2. The van der Waals surface area contributed by atoms with Crippen LogP contribution in [0.15, 0.2) is 30.1 Å². The van der Waals surface area contributed by atoms with Gasteiger partial charge in [0.25, 0.3) is 5.19 Å². The predicted octanol–water partition coefficient (Wildman–Crippen LogP) is 3.98. The van der Waals surface area contributed by atoms with Crippen LogP contribution in [0.4, 0.5) is 5.13 Å². The van der Waals surface area contributed by atoms with Gasteiger partial charge in [-0.3, -0.25) is 0 Å². The fraction of sp³-hybridized carbons (Fsp3) is 0.476.